The molecule has 1 atom stereocenters. The minimum absolute atomic E-state index is 0.868. The third-order valence-corrected chi connectivity index (χ3v) is 8.10. The van der Waals surface area contributed by atoms with Gasteiger partial charge in [0, 0.05) is 0 Å². The van der Waals surface area contributed by atoms with Crippen LogP contribution in [0.1, 0.15) is 194 Å². The molecule has 0 bridgehead atoms. The van der Waals surface area contributed by atoms with Gasteiger partial charge in [0.05, 0.1) is 0 Å². The molecular weight excluding hydrogens is 458 g/mol. The Morgan fingerprint density at radius 3 is 1.29 bits per heavy atom. The molecule has 0 rings (SSSR count). The van der Waals surface area contributed by atoms with E-state index in [1.807, 2.05) is 0 Å². The molecule has 0 saturated carbocycles. The van der Waals surface area contributed by atoms with Gasteiger partial charge in [0.2, 0.25) is 0 Å². The monoisotopic (exact) mass is 532 g/mol. The van der Waals surface area contributed by atoms with Gasteiger partial charge in [-0.3, -0.25) is 0 Å². The van der Waals surface area contributed by atoms with Gasteiger partial charge in [-0.1, -0.05) is 161 Å². The van der Waals surface area contributed by atoms with Gasteiger partial charge in [0.15, 0.2) is 0 Å². The van der Waals surface area contributed by atoms with Crippen molar-refractivity contribution in [2.45, 2.75) is 194 Å². The molecule has 0 aliphatic heterocycles. The normalized spacial score (nSPS) is 12.8. The minimum atomic E-state index is 0.868. The summed E-state index contributed by atoms with van der Waals surface area (Å²) in [5.41, 5.74) is 0. The van der Waals surface area contributed by atoms with Crippen LogP contribution in [0.15, 0.2) is 24.3 Å². The molecule has 0 aromatic rings. The van der Waals surface area contributed by atoms with Crippen molar-refractivity contribution in [1.82, 2.24) is 5.32 Å². The SMILES string of the molecule is CCCCCCCCCCC(C)C/C=C/CCCCC/C=C/CCCCCCNCCCCCCCCC. The van der Waals surface area contributed by atoms with E-state index in [2.05, 4.69) is 50.4 Å². The Morgan fingerprint density at radius 1 is 0.421 bits per heavy atom. The highest BCUT2D eigenvalue weighted by Gasteiger charge is 2.00. The van der Waals surface area contributed by atoms with E-state index in [-0.39, 0.29) is 0 Å². The molecule has 0 amide bonds. The molecular formula is C37H73N. The molecule has 0 heterocycles. The summed E-state index contributed by atoms with van der Waals surface area (Å²) in [6, 6.07) is 0. The van der Waals surface area contributed by atoms with Crippen molar-refractivity contribution in [2.75, 3.05) is 13.1 Å². The summed E-state index contributed by atoms with van der Waals surface area (Å²) in [6.07, 6.45) is 47.3. The summed E-state index contributed by atoms with van der Waals surface area (Å²) >= 11 is 0. The van der Waals surface area contributed by atoms with Crippen molar-refractivity contribution in [3.8, 4) is 0 Å². The molecule has 0 saturated heterocycles. The quantitative estimate of drug-likeness (QED) is 0.0672. The lowest BCUT2D eigenvalue weighted by molar-refractivity contribution is 0.484. The number of hydrogen-bond donors (Lipinski definition) is 1. The van der Waals surface area contributed by atoms with E-state index in [4.69, 9.17) is 0 Å². The van der Waals surface area contributed by atoms with Gasteiger partial charge in [-0.25, -0.2) is 0 Å². The first-order chi connectivity index (χ1) is 18.8. The van der Waals surface area contributed by atoms with Crippen molar-refractivity contribution in [3.05, 3.63) is 24.3 Å². The summed E-state index contributed by atoms with van der Waals surface area (Å²) in [4.78, 5) is 0. The predicted molar refractivity (Wildman–Crippen MR) is 176 cm³/mol. The number of nitrogens with one attached hydrogen (secondary N) is 1. The van der Waals surface area contributed by atoms with Gasteiger partial charge >= 0.3 is 0 Å². The van der Waals surface area contributed by atoms with Crippen molar-refractivity contribution in [2.24, 2.45) is 5.92 Å². The van der Waals surface area contributed by atoms with E-state index in [1.54, 1.807) is 0 Å². The smallest absolute Gasteiger partial charge is 0.00489 e. The molecule has 1 nitrogen and oxygen atoms in total. The summed E-state index contributed by atoms with van der Waals surface area (Å²) in [5, 5.41) is 3.64. The highest BCUT2D eigenvalue weighted by atomic mass is 14.8. The zero-order valence-corrected chi connectivity index (χ0v) is 26.9. The largest absolute Gasteiger partial charge is 0.317 e. The maximum Gasteiger partial charge on any atom is -0.00489 e. The molecule has 1 unspecified atom stereocenters. The molecule has 0 fully saturated rings. The van der Waals surface area contributed by atoms with Crippen LogP contribution in [0.2, 0.25) is 0 Å². The molecule has 0 aromatic carbocycles. The molecule has 0 aromatic heterocycles. The van der Waals surface area contributed by atoms with E-state index in [9.17, 15) is 0 Å². The number of unbranched alkanes of at least 4 members (excludes halogenated alkanes) is 21. The van der Waals surface area contributed by atoms with Gasteiger partial charge < -0.3 is 5.32 Å². The van der Waals surface area contributed by atoms with Crippen molar-refractivity contribution in [3.63, 3.8) is 0 Å². The van der Waals surface area contributed by atoms with Crippen LogP contribution in [0, 0.1) is 5.92 Å². The van der Waals surface area contributed by atoms with E-state index >= 15 is 0 Å². The zero-order valence-electron chi connectivity index (χ0n) is 26.9. The molecule has 0 radical (unpaired) electrons. The molecule has 1 N–H and O–H groups in total. The second-order valence-electron chi connectivity index (χ2n) is 12.3. The van der Waals surface area contributed by atoms with Crippen LogP contribution < -0.4 is 5.32 Å². The van der Waals surface area contributed by atoms with E-state index < -0.39 is 0 Å². The molecule has 38 heavy (non-hydrogen) atoms. The molecule has 0 aliphatic carbocycles. The fourth-order valence-electron chi connectivity index (χ4n) is 5.33. The third-order valence-electron chi connectivity index (χ3n) is 8.10. The highest BCUT2D eigenvalue weighted by Crippen LogP contribution is 2.16. The van der Waals surface area contributed by atoms with Crippen LogP contribution >= 0.6 is 0 Å². The Bertz CT molecular complexity index is 465. The number of hydrogen-bond acceptors (Lipinski definition) is 1. The van der Waals surface area contributed by atoms with Gasteiger partial charge in [0.1, 0.15) is 0 Å². The maximum absolute atomic E-state index is 3.64. The number of allylic oxidation sites excluding steroid dienone is 4. The topological polar surface area (TPSA) is 12.0 Å². The van der Waals surface area contributed by atoms with Gasteiger partial charge in [-0.2, -0.15) is 0 Å². The van der Waals surface area contributed by atoms with Gasteiger partial charge in [-0.15, -0.1) is 0 Å². The van der Waals surface area contributed by atoms with Gasteiger partial charge in [0.25, 0.3) is 0 Å². The number of rotatable bonds is 32. The summed E-state index contributed by atoms with van der Waals surface area (Å²) in [5.74, 6) is 0.868. The standard InChI is InChI=1S/C37H73N/c1-4-6-8-10-12-21-25-29-33-37(3)34-30-26-22-19-17-15-13-14-16-18-20-24-28-32-36-38-35-31-27-23-11-9-7-5-2/h14,16,26,30,37-38H,4-13,15,17-25,27-29,31-36H2,1-3H3/b16-14+,30-26+. The molecule has 0 aliphatic rings. The van der Waals surface area contributed by atoms with Crippen LogP contribution in [0.3, 0.4) is 0 Å². The second kappa shape index (κ2) is 34.5. The Balaban J connectivity index is 3.23. The average molecular weight is 532 g/mol. The minimum Gasteiger partial charge on any atom is -0.317 e. The summed E-state index contributed by atoms with van der Waals surface area (Å²) in [6.45, 7) is 9.48. The Hall–Kier alpha value is -0.560. The molecule has 0 spiro atoms. The Labute approximate surface area is 242 Å². The zero-order chi connectivity index (χ0) is 27.6. The highest BCUT2D eigenvalue weighted by molar-refractivity contribution is 4.84. The van der Waals surface area contributed by atoms with Crippen LogP contribution in [0.4, 0.5) is 0 Å². The maximum atomic E-state index is 3.64. The lowest BCUT2D eigenvalue weighted by Crippen LogP contribution is -2.16. The average Bonchev–Trinajstić information content (AvgIpc) is 2.92. The van der Waals surface area contributed by atoms with Crippen LogP contribution in [0.5, 0.6) is 0 Å². The van der Waals surface area contributed by atoms with Crippen molar-refractivity contribution >= 4 is 0 Å². The second-order valence-corrected chi connectivity index (χ2v) is 12.3. The van der Waals surface area contributed by atoms with Gasteiger partial charge in [-0.05, 0) is 76.8 Å². The first-order valence-electron chi connectivity index (χ1n) is 17.8. The summed E-state index contributed by atoms with van der Waals surface area (Å²) in [7, 11) is 0. The molecule has 226 valence electrons. The lowest BCUT2D eigenvalue weighted by atomic mass is 9.98. The predicted octanol–water partition coefficient (Wildman–Crippen LogP) is 12.9. The summed E-state index contributed by atoms with van der Waals surface area (Å²) < 4.78 is 0. The van der Waals surface area contributed by atoms with Crippen molar-refractivity contribution < 1.29 is 0 Å². The fourth-order valence-corrected chi connectivity index (χ4v) is 5.33. The molecule has 1 heteroatoms. The fraction of sp³-hybridized carbons (Fsp3) is 0.892. The Morgan fingerprint density at radius 2 is 0.789 bits per heavy atom. The van der Waals surface area contributed by atoms with Crippen molar-refractivity contribution in [1.29, 1.82) is 0 Å². The van der Waals surface area contributed by atoms with E-state index in [0.717, 1.165) is 5.92 Å². The van der Waals surface area contributed by atoms with Crippen LogP contribution in [-0.2, 0) is 0 Å². The lowest BCUT2D eigenvalue weighted by Gasteiger charge is -2.08. The van der Waals surface area contributed by atoms with E-state index in [0.29, 0.717) is 0 Å². The van der Waals surface area contributed by atoms with Crippen LogP contribution in [0.25, 0.3) is 0 Å². The van der Waals surface area contributed by atoms with Crippen LogP contribution in [-0.4, -0.2) is 13.1 Å². The Kier molecular flexibility index (Phi) is 34.0. The first-order valence-corrected chi connectivity index (χ1v) is 17.8. The third kappa shape index (κ3) is 33.5. The first kappa shape index (κ1) is 37.4. The van der Waals surface area contributed by atoms with E-state index in [1.165, 1.54) is 186 Å².